The fraction of sp³-hybridized carbons (Fsp3) is 0. The predicted molar refractivity (Wildman–Crippen MR) is 111 cm³/mol. The molecule has 0 saturated heterocycles. The third kappa shape index (κ3) is 4.39. The third-order valence-corrected chi connectivity index (χ3v) is 5.52. The number of nitrogens with zero attached hydrogens (tertiary/aromatic N) is 2. The number of Topliss-reactive ketones (excluding diaryl/α,β-unsaturated/α-hetero) is 2. The quantitative estimate of drug-likeness (QED) is 0.316. The maximum absolute atomic E-state index is 12.3. The highest BCUT2D eigenvalue weighted by Gasteiger charge is 2.14. The second kappa shape index (κ2) is 8.88. The molecule has 0 N–H and O–H groups in total. The van der Waals surface area contributed by atoms with Crippen molar-refractivity contribution in [2.75, 3.05) is 0 Å². The van der Waals surface area contributed by atoms with E-state index in [1.807, 2.05) is 12.1 Å². The van der Waals surface area contributed by atoms with E-state index in [0.29, 0.717) is 20.9 Å². The number of allylic oxidation sites excluding steroid dienone is 2. The molecule has 28 heavy (non-hydrogen) atoms. The van der Waals surface area contributed by atoms with Gasteiger partial charge in [-0.25, -0.2) is 0 Å². The fourth-order valence-electron chi connectivity index (χ4n) is 2.40. The van der Waals surface area contributed by atoms with Crippen LogP contribution in [0.25, 0.3) is 12.2 Å². The van der Waals surface area contributed by atoms with Crippen LogP contribution in [0.4, 0.5) is 0 Å². The van der Waals surface area contributed by atoms with Crippen LogP contribution in [-0.4, -0.2) is 11.6 Å². The number of carbonyl (C=O) groups excluding carboxylic acids is 2. The monoisotopic (exact) mass is 400 g/mol. The van der Waals surface area contributed by atoms with Gasteiger partial charge in [0, 0.05) is 0 Å². The van der Waals surface area contributed by atoms with Gasteiger partial charge < -0.3 is 0 Å². The molecule has 0 amide bonds. The first-order valence-corrected chi connectivity index (χ1v) is 9.88. The molecule has 2 heterocycles. The van der Waals surface area contributed by atoms with Crippen molar-refractivity contribution in [2.45, 2.75) is 0 Å². The van der Waals surface area contributed by atoms with Gasteiger partial charge in [-0.05, 0) is 46.2 Å². The van der Waals surface area contributed by atoms with Crippen LogP contribution < -0.4 is 0 Å². The Kier molecular flexibility index (Phi) is 6.08. The first-order valence-electron chi connectivity index (χ1n) is 8.12. The second-order valence-electron chi connectivity index (χ2n) is 5.62. The van der Waals surface area contributed by atoms with Gasteiger partial charge in [0.2, 0.25) is 11.6 Å². The zero-order valence-corrected chi connectivity index (χ0v) is 16.1. The fourth-order valence-corrected chi connectivity index (χ4v) is 3.76. The van der Waals surface area contributed by atoms with Crippen LogP contribution in [0.1, 0.15) is 30.5 Å². The van der Waals surface area contributed by atoms with Gasteiger partial charge in [0.05, 0.1) is 9.75 Å². The Balaban J connectivity index is 1.83. The van der Waals surface area contributed by atoms with E-state index in [1.54, 1.807) is 59.3 Å². The van der Waals surface area contributed by atoms with E-state index in [-0.39, 0.29) is 22.7 Å². The van der Waals surface area contributed by atoms with Gasteiger partial charge in [-0.15, -0.1) is 22.7 Å². The first kappa shape index (κ1) is 19.2. The normalized spacial score (nSPS) is 11.5. The predicted octanol–water partition coefficient (Wildman–Crippen LogP) is 5.39. The molecular formula is C22H12N2O2S2. The van der Waals surface area contributed by atoms with Crippen LogP contribution in [0.3, 0.4) is 0 Å². The van der Waals surface area contributed by atoms with Crippen LogP contribution in [0, 0.1) is 22.7 Å². The summed E-state index contributed by atoms with van der Waals surface area (Å²) in [6.45, 7) is 0. The lowest BCUT2D eigenvalue weighted by Crippen LogP contribution is -1.99. The van der Waals surface area contributed by atoms with Crippen molar-refractivity contribution in [1.29, 1.82) is 10.5 Å². The summed E-state index contributed by atoms with van der Waals surface area (Å²) in [5.41, 5.74) is 1.47. The molecule has 0 radical (unpaired) electrons. The van der Waals surface area contributed by atoms with Crippen molar-refractivity contribution in [3.63, 3.8) is 0 Å². The molecule has 0 spiro atoms. The van der Waals surface area contributed by atoms with Crippen LogP contribution >= 0.6 is 22.7 Å². The summed E-state index contributed by atoms with van der Waals surface area (Å²) in [7, 11) is 0. The number of nitriles is 2. The van der Waals surface area contributed by atoms with E-state index in [4.69, 9.17) is 0 Å². The van der Waals surface area contributed by atoms with Crippen LogP contribution in [-0.2, 0) is 0 Å². The lowest BCUT2D eigenvalue weighted by molar-refractivity contribution is 0.103. The van der Waals surface area contributed by atoms with Gasteiger partial charge in [0.25, 0.3) is 0 Å². The molecule has 0 atom stereocenters. The number of rotatable bonds is 6. The van der Waals surface area contributed by atoms with E-state index < -0.39 is 0 Å². The molecule has 0 saturated carbocycles. The number of ketones is 2. The maximum atomic E-state index is 12.3. The molecule has 2 aromatic heterocycles. The highest BCUT2D eigenvalue weighted by Crippen LogP contribution is 2.19. The van der Waals surface area contributed by atoms with E-state index in [0.717, 1.165) is 0 Å². The Morgan fingerprint density at radius 3 is 1.39 bits per heavy atom. The lowest BCUT2D eigenvalue weighted by Gasteiger charge is -2.00. The number of hydrogen-bond donors (Lipinski definition) is 0. The second-order valence-corrected chi connectivity index (χ2v) is 7.51. The minimum Gasteiger partial charge on any atom is -0.287 e. The Bertz CT molecular complexity index is 1050. The zero-order valence-electron chi connectivity index (χ0n) is 14.5. The van der Waals surface area contributed by atoms with E-state index in [9.17, 15) is 20.1 Å². The molecule has 1 aromatic carbocycles. The molecule has 0 aliphatic heterocycles. The maximum Gasteiger partial charge on any atom is 0.213 e. The topological polar surface area (TPSA) is 81.7 Å². The Hall–Kier alpha value is -3.58. The molecule has 6 heteroatoms. The summed E-state index contributed by atoms with van der Waals surface area (Å²) in [4.78, 5) is 25.7. The SMILES string of the molecule is N#C/C(=C\c1ccc(/C=C(\C#N)C(=O)c2cccs2)cc1)C(=O)c1cccs1. The van der Waals surface area contributed by atoms with Gasteiger partial charge in [-0.2, -0.15) is 10.5 Å². The number of hydrogen-bond acceptors (Lipinski definition) is 6. The highest BCUT2D eigenvalue weighted by atomic mass is 32.1. The van der Waals surface area contributed by atoms with E-state index in [1.165, 1.54) is 34.8 Å². The summed E-state index contributed by atoms with van der Waals surface area (Å²) in [6.07, 6.45) is 3.05. The standard InChI is InChI=1S/C22H12N2O2S2/c23-13-17(21(25)19-3-1-9-27-19)11-15-5-7-16(8-6-15)12-18(14-24)22(26)20-4-2-10-28-20/h1-12H/b17-11+,18-12+. The highest BCUT2D eigenvalue weighted by molar-refractivity contribution is 7.12. The molecular weight excluding hydrogens is 388 g/mol. The van der Waals surface area contributed by atoms with Gasteiger partial charge >= 0.3 is 0 Å². The minimum absolute atomic E-state index is 0.0522. The summed E-state index contributed by atoms with van der Waals surface area (Å²) in [5.74, 6) is -0.621. The van der Waals surface area contributed by atoms with Crippen LogP contribution in [0.5, 0.6) is 0 Å². The van der Waals surface area contributed by atoms with Crippen LogP contribution in [0.2, 0.25) is 0 Å². The molecule has 134 valence electrons. The minimum atomic E-state index is -0.310. The van der Waals surface area contributed by atoms with Crippen molar-refractivity contribution in [1.82, 2.24) is 0 Å². The molecule has 0 aliphatic carbocycles. The average Bonchev–Trinajstić information content (AvgIpc) is 3.44. The van der Waals surface area contributed by atoms with Crippen molar-refractivity contribution in [3.8, 4) is 12.1 Å². The van der Waals surface area contributed by atoms with Crippen molar-refractivity contribution >= 4 is 46.4 Å². The molecule has 0 unspecified atom stereocenters. The van der Waals surface area contributed by atoms with Crippen molar-refractivity contribution < 1.29 is 9.59 Å². The third-order valence-electron chi connectivity index (χ3n) is 3.78. The summed E-state index contributed by atoms with van der Waals surface area (Å²) in [5, 5.41) is 22.2. The molecule has 3 rings (SSSR count). The number of benzene rings is 1. The van der Waals surface area contributed by atoms with Gasteiger partial charge in [-0.1, -0.05) is 36.4 Å². The molecule has 4 nitrogen and oxygen atoms in total. The first-order chi connectivity index (χ1) is 13.6. The lowest BCUT2D eigenvalue weighted by atomic mass is 10.0. The van der Waals surface area contributed by atoms with E-state index >= 15 is 0 Å². The molecule has 3 aromatic rings. The average molecular weight is 400 g/mol. The smallest absolute Gasteiger partial charge is 0.213 e. The van der Waals surface area contributed by atoms with Crippen molar-refractivity contribution in [3.05, 3.63) is 91.3 Å². The van der Waals surface area contributed by atoms with Crippen molar-refractivity contribution in [2.24, 2.45) is 0 Å². The zero-order chi connectivity index (χ0) is 19.9. The Morgan fingerprint density at radius 2 is 1.11 bits per heavy atom. The molecule has 0 aliphatic rings. The van der Waals surface area contributed by atoms with Gasteiger partial charge in [0.1, 0.15) is 23.3 Å². The van der Waals surface area contributed by atoms with E-state index in [2.05, 4.69) is 0 Å². The number of carbonyl (C=O) groups is 2. The van der Waals surface area contributed by atoms with Gasteiger partial charge in [0.15, 0.2) is 0 Å². The Morgan fingerprint density at radius 1 is 0.714 bits per heavy atom. The number of thiophene rings is 2. The summed E-state index contributed by atoms with van der Waals surface area (Å²) >= 11 is 2.58. The summed E-state index contributed by atoms with van der Waals surface area (Å²) < 4.78 is 0. The largest absolute Gasteiger partial charge is 0.287 e. The summed E-state index contributed by atoms with van der Waals surface area (Å²) in [6, 6.07) is 17.7. The van der Waals surface area contributed by atoms with Gasteiger partial charge in [-0.3, -0.25) is 9.59 Å². The Labute approximate surface area is 169 Å². The molecule has 0 bridgehead atoms. The molecule has 0 fully saturated rings. The van der Waals surface area contributed by atoms with Crippen LogP contribution in [0.15, 0.2) is 70.4 Å².